The second kappa shape index (κ2) is 12.9. The standard InChI is InChI=1S/C31H40N6O4/c38-26(19-36-12-9-22-13-27(8-7-23(22)18-36)40-20-28-17-32-21-41-28)16-33-31(39)24-14-29(34-25-5-4-6-25)35-30(15-24)37-10-2-1-3-11-37/h7-8,13-15,17,21,25-26,38H,1-6,9-12,16,18-20H2,(H,33,39)(H,34,35)/t26-/m0/s1. The molecule has 1 saturated heterocycles. The highest BCUT2D eigenvalue weighted by Crippen LogP contribution is 2.27. The molecule has 4 heterocycles. The number of carbonyl (C=O) groups excluding carboxylic acids is 1. The molecule has 1 aromatic carbocycles. The van der Waals surface area contributed by atoms with E-state index in [9.17, 15) is 9.90 Å². The van der Waals surface area contributed by atoms with E-state index in [1.54, 1.807) is 6.20 Å². The summed E-state index contributed by atoms with van der Waals surface area (Å²) in [7, 11) is 0. The van der Waals surface area contributed by atoms with Crippen molar-refractivity contribution in [1.82, 2.24) is 20.2 Å². The first-order valence-corrected chi connectivity index (χ1v) is 14.9. The lowest BCUT2D eigenvalue weighted by Crippen LogP contribution is -2.42. The Morgan fingerprint density at radius 1 is 1.10 bits per heavy atom. The zero-order valence-corrected chi connectivity index (χ0v) is 23.6. The number of rotatable bonds is 11. The lowest BCUT2D eigenvalue weighted by Gasteiger charge is -2.31. The molecule has 0 unspecified atom stereocenters. The van der Waals surface area contributed by atoms with Crippen LogP contribution in [0.1, 0.15) is 65.8 Å². The van der Waals surface area contributed by atoms with E-state index in [2.05, 4.69) is 37.6 Å². The van der Waals surface area contributed by atoms with Crippen LogP contribution in [-0.2, 0) is 19.6 Å². The molecule has 6 rings (SSSR count). The molecule has 1 amide bonds. The van der Waals surface area contributed by atoms with E-state index in [1.807, 2.05) is 18.2 Å². The third kappa shape index (κ3) is 7.18. The van der Waals surface area contributed by atoms with Crippen molar-refractivity contribution in [3.8, 4) is 5.75 Å². The van der Waals surface area contributed by atoms with Crippen LogP contribution in [0.3, 0.4) is 0 Å². The van der Waals surface area contributed by atoms with Crippen molar-refractivity contribution in [2.24, 2.45) is 0 Å². The number of hydrogen-bond donors (Lipinski definition) is 3. The topological polar surface area (TPSA) is 116 Å². The number of nitrogens with one attached hydrogen (secondary N) is 2. The number of oxazole rings is 1. The van der Waals surface area contributed by atoms with Crippen LogP contribution >= 0.6 is 0 Å². The van der Waals surface area contributed by atoms with E-state index in [0.29, 0.717) is 30.5 Å². The summed E-state index contributed by atoms with van der Waals surface area (Å²) < 4.78 is 11.1. The number of fused-ring (bicyclic) bond motifs is 1. The Morgan fingerprint density at radius 3 is 2.76 bits per heavy atom. The second-order valence-corrected chi connectivity index (χ2v) is 11.5. The number of aliphatic hydroxyl groups excluding tert-OH is 1. The summed E-state index contributed by atoms with van der Waals surface area (Å²) in [6.07, 6.45) is 10.3. The number of anilines is 2. The van der Waals surface area contributed by atoms with E-state index >= 15 is 0 Å². The molecule has 3 aliphatic rings. The molecule has 1 saturated carbocycles. The van der Waals surface area contributed by atoms with Gasteiger partial charge < -0.3 is 29.8 Å². The zero-order chi connectivity index (χ0) is 28.0. The normalized spacial score (nSPS) is 18.3. The number of carbonyl (C=O) groups is 1. The van der Waals surface area contributed by atoms with Crippen molar-refractivity contribution < 1.29 is 19.1 Å². The predicted octanol–water partition coefficient (Wildman–Crippen LogP) is 3.75. The van der Waals surface area contributed by atoms with E-state index in [4.69, 9.17) is 14.1 Å². The van der Waals surface area contributed by atoms with Crippen LogP contribution in [0.4, 0.5) is 11.6 Å². The molecule has 218 valence electrons. The van der Waals surface area contributed by atoms with Crippen molar-refractivity contribution in [1.29, 1.82) is 0 Å². The predicted molar refractivity (Wildman–Crippen MR) is 156 cm³/mol. The third-order valence-corrected chi connectivity index (χ3v) is 8.31. The lowest BCUT2D eigenvalue weighted by molar-refractivity contribution is 0.0841. The van der Waals surface area contributed by atoms with Crippen molar-refractivity contribution in [3.05, 3.63) is 65.4 Å². The number of aliphatic hydroxyl groups is 1. The zero-order valence-electron chi connectivity index (χ0n) is 23.6. The van der Waals surface area contributed by atoms with Crippen LogP contribution in [0.15, 0.2) is 47.3 Å². The van der Waals surface area contributed by atoms with Gasteiger partial charge in [-0.1, -0.05) is 6.07 Å². The highest BCUT2D eigenvalue weighted by Gasteiger charge is 2.23. The van der Waals surface area contributed by atoms with Crippen LogP contribution in [-0.4, -0.2) is 70.8 Å². The monoisotopic (exact) mass is 560 g/mol. The molecule has 3 N–H and O–H groups in total. The van der Waals surface area contributed by atoms with E-state index in [-0.39, 0.29) is 12.5 Å². The van der Waals surface area contributed by atoms with Gasteiger partial charge in [0.05, 0.1) is 12.3 Å². The largest absolute Gasteiger partial charge is 0.486 e. The molecular weight excluding hydrogens is 520 g/mol. The molecule has 2 aliphatic heterocycles. The number of amides is 1. The molecule has 1 atom stereocenters. The van der Waals surface area contributed by atoms with Crippen LogP contribution < -0.4 is 20.3 Å². The number of benzene rings is 1. The number of hydrogen-bond acceptors (Lipinski definition) is 9. The van der Waals surface area contributed by atoms with Crippen molar-refractivity contribution in [2.75, 3.05) is 42.9 Å². The first kappa shape index (κ1) is 27.5. The van der Waals surface area contributed by atoms with Crippen molar-refractivity contribution in [3.63, 3.8) is 0 Å². The maximum Gasteiger partial charge on any atom is 0.251 e. The first-order chi connectivity index (χ1) is 20.1. The molecule has 0 spiro atoms. The lowest BCUT2D eigenvalue weighted by atomic mass is 9.93. The molecule has 2 fully saturated rings. The number of pyridine rings is 1. The van der Waals surface area contributed by atoms with Crippen LogP contribution in [0.25, 0.3) is 0 Å². The van der Waals surface area contributed by atoms with Crippen LogP contribution in [0.5, 0.6) is 5.75 Å². The number of aromatic nitrogens is 2. The molecule has 0 radical (unpaired) electrons. The highest BCUT2D eigenvalue weighted by atomic mass is 16.5. The van der Waals surface area contributed by atoms with E-state index in [1.165, 1.54) is 30.4 Å². The summed E-state index contributed by atoms with van der Waals surface area (Å²) in [6.45, 7) is 4.56. The summed E-state index contributed by atoms with van der Waals surface area (Å²) >= 11 is 0. The molecule has 10 heteroatoms. The minimum atomic E-state index is -0.666. The minimum absolute atomic E-state index is 0.178. The van der Waals surface area contributed by atoms with Gasteiger partial charge in [-0.3, -0.25) is 9.69 Å². The van der Waals surface area contributed by atoms with Gasteiger partial charge in [-0.25, -0.2) is 9.97 Å². The van der Waals surface area contributed by atoms with Crippen LogP contribution in [0.2, 0.25) is 0 Å². The van der Waals surface area contributed by atoms with E-state index in [0.717, 1.165) is 75.7 Å². The summed E-state index contributed by atoms with van der Waals surface area (Å²) in [5.41, 5.74) is 3.07. The van der Waals surface area contributed by atoms with Gasteiger partial charge in [-0.15, -0.1) is 0 Å². The van der Waals surface area contributed by atoms with Gasteiger partial charge in [0.15, 0.2) is 12.2 Å². The molecule has 1 aliphatic carbocycles. The Kier molecular flexibility index (Phi) is 8.67. The summed E-state index contributed by atoms with van der Waals surface area (Å²) in [6, 6.07) is 10.3. The first-order valence-electron chi connectivity index (χ1n) is 14.9. The third-order valence-electron chi connectivity index (χ3n) is 8.31. The summed E-state index contributed by atoms with van der Waals surface area (Å²) in [4.78, 5) is 26.5. The van der Waals surface area contributed by atoms with Gasteiger partial charge in [0.1, 0.15) is 24.0 Å². The van der Waals surface area contributed by atoms with E-state index < -0.39 is 6.10 Å². The Bertz CT molecular complexity index is 1310. The Labute approximate surface area is 241 Å². The molecule has 3 aromatic rings. The Hall–Kier alpha value is -3.63. The highest BCUT2D eigenvalue weighted by molar-refractivity contribution is 5.95. The molecule has 0 bridgehead atoms. The molecule has 2 aromatic heterocycles. The fourth-order valence-corrected chi connectivity index (χ4v) is 5.74. The van der Waals surface area contributed by atoms with Gasteiger partial charge in [0, 0.05) is 50.9 Å². The molecule has 10 nitrogen and oxygen atoms in total. The Morgan fingerprint density at radius 2 is 1.98 bits per heavy atom. The fraction of sp³-hybridized carbons (Fsp3) is 0.516. The Balaban J connectivity index is 1.01. The molecular formula is C31H40N6O4. The van der Waals surface area contributed by atoms with Gasteiger partial charge >= 0.3 is 0 Å². The number of ether oxygens (including phenoxy) is 1. The van der Waals surface area contributed by atoms with Crippen molar-refractivity contribution >= 4 is 17.5 Å². The van der Waals surface area contributed by atoms with Crippen molar-refractivity contribution in [2.45, 2.75) is 70.2 Å². The minimum Gasteiger partial charge on any atom is -0.486 e. The maximum atomic E-state index is 13.2. The van der Waals surface area contributed by atoms with Gasteiger partial charge in [-0.05, 0) is 80.3 Å². The van der Waals surface area contributed by atoms with Gasteiger partial charge in [0.2, 0.25) is 0 Å². The maximum absolute atomic E-state index is 13.2. The average molecular weight is 561 g/mol. The second-order valence-electron chi connectivity index (χ2n) is 11.5. The summed E-state index contributed by atoms with van der Waals surface area (Å²) in [5, 5.41) is 17.3. The smallest absolute Gasteiger partial charge is 0.251 e. The summed E-state index contributed by atoms with van der Waals surface area (Å²) in [5.74, 6) is 2.94. The number of piperidine rings is 1. The number of nitrogens with zero attached hydrogens (tertiary/aromatic N) is 4. The average Bonchev–Trinajstić information content (AvgIpc) is 3.51. The number of β-amino-alcohol motifs (C(OH)–C–C–N with tert-alkyl or cyclic N) is 1. The SMILES string of the molecule is O=C(NC[C@H](O)CN1CCc2cc(OCc3cnco3)ccc2C1)c1cc(NC2CCC2)nc(N2CCCCC2)c1. The van der Waals surface area contributed by atoms with Gasteiger partial charge in [-0.2, -0.15) is 0 Å². The quantitative estimate of drug-likeness (QED) is 0.322. The van der Waals surface area contributed by atoms with Crippen LogP contribution in [0, 0.1) is 0 Å². The fourth-order valence-electron chi connectivity index (χ4n) is 5.74. The molecule has 41 heavy (non-hydrogen) atoms. The van der Waals surface area contributed by atoms with Gasteiger partial charge in [0.25, 0.3) is 5.91 Å².